The van der Waals surface area contributed by atoms with Gasteiger partial charge < -0.3 is 4.74 Å². The molecular formula is C11H8BrF3O2. The van der Waals surface area contributed by atoms with E-state index in [1.807, 2.05) is 0 Å². The maximum atomic E-state index is 12.0. The Morgan fingerprint density at radius 3 is 2.47 bits per heavy atom. The van der Waals surface area contributed by atoms with Crippen LogP contribution in [-0.2, 0) is 4.79 Å². The molecule has 0 aromatic heterocycles. The van der Waals surface area contributed by atoms with Gasteiger partial charge in [0, 0.05) is 12.3 Å². The summed E-state index contributed by atoms with van der Waals surface area (Å²) in [5.41, 5.74) is 0.725. The molecule has 0 spiro atoms. The lowest BCUT2D eigenvalue weighted by Gasteiger charge is -2.24. The second kappa shape index (κ2) is 4.33. The number of carbonyl (C=O) groups excluding carboxylic acids is 1. The molecule has 2 rings (SSSR count). The first-order chi connectivity index (χ1) is 7.87. The van der Waals surface area contributed by atoms with Crippen molar-refractivity contribution in [3.05, 3.63) is 28.2 Å². The van der Waals surface area contributed by atoms with Gasteiger partial charge in [-0.15, -0.1) is 13.2 Å². The maximum absolute atomic E-state index is 12.0. The molecule has 2 nitrogen and oxygen atoms in total. The first kappa shape index (κ1) is 12.4. The lowest BCUT2D eigenvalue weighted by atomic mass is 9.79. The fraction of sp³-hybridized carbons (Fsp3) is 0.364. The molecule has 1 aliphatic rings. The van der Waals surface area contributed by atoms with Crippen LogP contribution in [0.25, 0.3) is 0 Å². The SMILES string of the molecule is O=C1CCC1c1ccc(OC(F)(F)F)c(Br)c1. The van der Waals surface area contributed by atoms with Crippen LogP contribution in [0.1, 0.15) is 24.3 Å². The fourth-order valence-corrected chi connectivity index (χ4v) is 2.18. The number of ether oxygens (including phenoxy) is 1. The van der Waals surface area contributed by atoms with Gasteiger partial charge in [0.05, 0.1) is 4.47 Å². The Labute approximate surface area is 104 Å². The third-order valence-electron chi connectivity index (χ3n) is 2.65. The molecule has 1 atom stereocenters. The van der Waals surface area contributed by atoms with Crippen molar-refractivity contribution in [1.82, 2.24) is 0 Å². The number of halogens is 4. The van der Waals surface area contributed by atoms with Gasteiger partial charge in [-0.2, -0.15) is 0 Å². The van der Waals surface area contributed by atoms with Gasteiger partial charge in [0.15, 0.2) is 0 Å². The van der Waals surface area contributed by atoms with E-state index in [-0.39, 0.29) is 21.9 Å². The number of ketones is 1. The molecule has 1 aromatic carbocycles. The van der Waals surface area contributed by atoms with E-state index < -0.39 is 6.36 Å². The molecule has 0 radical (unpaired) electrons. The number of carbonyl (C=O) groups is 1. The van der Waals surface area contributed by atoms with Crippen LogP contribution in [0, 0.1) is 0 Å². The average molecular weight is 309 g/mol. The van der Waals surface area contributed by atoms with Crippen LogP contribution in [0.2, 0.25) is 0 Å². The number of benzene rings is 1. The summed E-state index contributed by atoms with van der Waals surface area (Å²) in [5, 5.41) is 0. The Bertz CT molecular complexity index is 457. The monoisotopic (exact) mass is 308 g/mol. The highest BCUT2D eigenvalue weighted by Crippen LogP contribution is 2.37. The summed E-state index contributed by atoms with van der Waals surface area (Å²) >= 11 is 3.01. The summed E-state index contributed by atoms with van der Waals surface area (Å²) in [4.78, 5) is 11.2. The Hall–Kier alpha value is -1.04. The normalized spacial score (nSPS) is 20.0. The molecule has 1 aromatic rings. The van der Waals surface area contributed by atoms with E-state index in [9.17, 15) is 18.0 Å². The summed E-state index contributed by atoms with van der Waals surface area (Å²) in [6, 6.07) is 4.22. The van der Waals surface area contributed by atoms with Gasteiger partial charge in [0.25, 0.3) is 0 Å². The van der Waals surface area contributed by atoms with E-state index in [1.165, 1.54) is 18.2 Å². The van der Waals surface area contributed by atoms with Crippen molar-refractivity contribution in [3.63, 3.8) is 0 Å². The first-order valence-corrected chi connectivity index (χ1v) is 5.74. The van der Waals surface area contributed by atoms with Crippen LogP contribution in [-0.4, -0.2) is 12.1 Å². The number of Topliss-reactive ketones (excluding diaryl/α,β-unsaturated/α-hetero) is 1. The van der Waals surface area contributed by atoms with Crippen molar-refractivity contribution in [1.29, 1.82) is 0 Å². The standard InChI is InChI=1S/C11H8BrF3O2/c12-8-5-6(7-2-3-9(7)16)1-4-10(8)17-11(13,14)15/h1,4-5,7H,2-3H2. The van der Waals surface area contributed by atoms with Gasteiger partial charge >= 0.3 is 6.36 Å². The molecule has 1 aliphatic carbocycles. The minimum Gasteiger partial charge on any atom is -0.405 e. The second-order valence-electron chi connectivity index (χ2n) is 3.80. The minimum absolute atomic E-state index is 0.126. The molecule has 1 fully saturated rings. The summed E-state index contributed by atoms with van der Waals surface area (Å²) in [6.45, 7) is 0. The summed E-state index contributed by atoms with van der Waals surface area (Å²) in [5.74, 6) is -0.347. The predicted molar refractivity (Wildman–Crippen MR) is 57.8 cm³/mol. The third kappa shape index (κ3) is 2.80. The Balaban J connectivity index is 2.20. The summed E-state index contributed by atoms with van der Waals surface area (Å²) in [6.07, 6.45) is -3.41. The van der Waals surface area contributed by atoms with Gasteiger partial charge in [-0.1, -0.05) is 6.07 Å². The topological polar surface area (TPSA) is 26.3 Å². The summed E-state index contributed by atoms with van der Waals surface area (Å²) in [7, 11) is 0. The van der Waals surface area contributed by atoms with Gasteiger partial charge in [0.1, 0.15) is 11.5 Å². The molecule has 0 aliphatic heterocycles. The van der Waals surface area contributed by atoms with Crippen LogP contribution < -0.4 is 4.74 Å². The zero-order valence-electron chi connectivity index (χ0n) is 8.55. The zero-order chi connectivity index (χ0) is 12.6. The molecule has 0 bridgehead atoms. The van der Waals surface area contributed by atoms with Gasteiger partial charge in [-0.05, 0) is 40.0 Å². The van der Waals surface area contributed by atoms with Gasteiger partial charge in [0.2, 0.25) is 0 Å². The zero-order valence-corrected chi connectivity index (χ0v) is 10.1. The molecule has 0 N–H and O–H groups in total. The molecule has 0 amide bonds. The van der Waals surface area contributed by atoms with Crippen molar-refractivity contribution < 1.29 is 22.7 Å². The van der Waals surface area contributed by atoms with Crippen LogP contribution in [0.3, 0.4) is 0 Å². The van der Waals surface area contributed by atoms with Crippen LogP contribution in [0.5, 0.6) is 5.75 Å². The Morgan fingerprint density at radius 1 is 1.35 bits per heavy atom. The minimum atomic E-state index is -4.71. The van der Waals surface area contributed by atoms with E-state index >= 15 is 0 Å². The number of hydrogen-bond acceptors (Lipinski definition) is 2. The quantitative estimate of drug-likeness (QED) is 0.831. The van der Waals surface area contributed by atoms with Crippen LogP contribution in [0.15, 0.2) is 22.7 Å². The summed E-state index contributed by atoms with van der Waals surface area (Å²) < 4.78 is 40.1. The third-order valence-corrected chi connectivity index (χ3v) is 3.27. The maximum Gasteiger partial charge on any atom is 0.573 e. The average Bonchev–Trinajstić information content (AvgIpc) is 2.18. The number of alkyl halides is 3. The van der Waals surface area contributed by atoms with Crippen LogP contribution >= 0.6 is 15.9 Å². The van der Waals surface area contributed by atoms with E-state index in [1.54, 1.807) is 0 Å². The second-order valence-corrected chi connectivity index (χ2v) is 4.65. The largest absolute Gasteiger partial charge is 0.573 e. The highest BCUT2D eigenvalue weighted by Gasteiger charge is 2.33. The Kier molecular flexibility index (Phi) is 3.16. The Morgan fingerprint density at radius 2 is 2.06 bits per heavy atom. The molecular weight excluding hydrogens is 301 g/mol. The van der Waals surface area contributed by atoms with E-state index in [4.69, 9.17) is 0 Å². The van der Waals surface area contributed by atoms with Crippen molar-refractivity contribution >= 4 is 21.7 Å². The predicted octanol–water partition coefficient (Wildman–Crippen LogP) is 3.79. The molecule has 92 valence electrons. The van der Waals surface area contributed by atoms with E-state index in [2.05, 4.69) is 20.7 Å². The smallest absolute Gasteiger partial charge is 0.405 e. The van der Waals surface area contributed by atoms with E-state index in [0.29, 0.717) is 6.42 Å². The van der Waals surface area contributed by atoms with Crippen molar-refractivity contribution in [2.24, 2.45) is 0 Å². The lowest BCUT2D eigenvalue weighted by molar-refractivity contribution is -0.274. The molecule has 6 heteroatoms. The van der Waals surface area contributed by atoms with Crippen molar-refractivity contribution in [2.75, 3.05) is 0 Å². The highest BCUT2D eigenvalue weighted by molar-refractivity contribution is 9.10. The van der Waals surface area contributed by atoms with Crippen molar-refractivity contribution in [2.45, 2.75) is 25.1 Å². The molecule has 0 heterocycles. The first-order valence-electron chi connectivity index (χ1n) is 4.95. The van der Waals surface area contributed by atoms with E-state index in [0.717, 1.165) is 12.0 Å². The van der Waals surface area contributed by atoms with Crippen LogP contribution in [0.4, 0.5) is 13.2 Å². The molecule has 0 saturated heterocycles. The number of hydrogen-bond donors (Lipinski definition) is 0. The molecule has 1 unspecified atom stereocenters. The molecule has 17 heavy (non-hydrogen) atoms. The van der Waals surface area contributed by atoms with Gasteiger partial charge in [-0.3, -0.25) is 4.79 Å². The lowest BCUT2D eigenvalue weighted by Crippen LogP contribution is -2.23. The molecule has 1 saturated carbocycles. The number of rotatable bonds is 2. The van der Waals surface area contributed by atoms with Crippen molar-refractivity contribution in [3.8, 4) is 5.75 Å². The highest BCUT2D eigenvalue weighted by atomic mass is 79.9. The fourth-order valence-electron chi connectivity index (χ4n) is 1.70. The van der Waals surface area contributed by atoms with Gasteiger partial charge in [-0.25, -0.2) is 0 Å².